The Morgan fingerprint density at radius 3 is 2.75 bits per heavy atom. The smallest absolute Gasteiger partial charge is 0.230 e. The standard InChI is InChI=1S/C6H10N2O2S2/c1-3-5-7-4-6(11-5)8-12(2,9)10/h4,8H,3H2,1-2H3. The van der Waals surface area contributed by atoms with Crippen LogP contribution in [0.1, 0.15) is 11.9 Å². The van der Waals surface area contributed by atoms with Crippen molar-refractivity contribution in [2.75, 3.05) is 11.0 Å². The van der Waals surface area contributed by atoms with E-state index in [9.17, 15) is 8.42 Å². The molecule has 0 aliphatic carbocycles. The Morgan fingerprint density at radius 1 is 1.67 bits per heavy atom. The summed E-state index contributed by atoms with van der Waals surface area (Å²) in [4.78, 5) is 4.01. The number of nitrogens with zero attached hydrogens (tertiary/aromatic N) is 1. The summed E-state index contributed by atoms with van der Waals surface area (Å²) in [5.74, 6) is 0. The Morgan fingerprint density at radius 2 is 2.33 bits per heavy atom. The normalized spacial score (nSPS) is 11.5. The van der Waals surface area contributed by atoms with E-state index in [1.807, 2.05) is 6.92 Å². The highest BCUT2D eigenvalue weighted by Crippen LogP contribution is 2.19. The average molecular weight is 206 g/mol. The average Bonchev–Trinajstić information content (AvgIpc) is 2.32. The summed E-state index contributed by atoms with van der Waals surface area (Å²) in [5, 5.41) is 1.51. The SMILES string of the molecule is CCc1ncc(NS(C)(=O)=O)s1. The van der Waals surface area contributed by atoms with Crippen molar-refractivity contribution < 1.29 is 8.42 Å². The van der Waals surface area contributed by atoms with Crippen LogP contribution in [0.5, 0.6) is 0 Å². The second-order valence-corrected chi connectivity index (χ2v) is 5.21. The summed E-state index contributed by atoms with van der Waals surface area (Å²) in [7, 11) is -3.15. The maximum absolute atomic E-state index is 10.8. The maximum atomic E-state index is 10.8. The molecular weight excluding hydrogens is 196 g/mol. The first-order valence-electron chi connectivity index (χ1n) is 3.44. The van der Waals surface area contributed by atoms with Gasteiger partial charge in [0.15, 0.2) is 0 Å². The van der Waals surface area contributed by atoms with E-state index in [0.29, 0.717) is 5.00 Å². The summed E-state index contributed by atoms with van der Waals surface area (Å²) < 4.78 is 23.9. The molecule has 1 heterocycles. The number of rotatable bonds is 3. The zero-order chi connectivity index (χ0) is 9.19. The van der Waals surface area contributed by atoms with Crippen LogP contribution in [-0.2, 0) is 16.4 Å². The van der Waals surface area contributed by atoms with Crippen molar-refractivity contribution >= 4 is 26.4 Å². The zero-order valence-corrected chi connectivity index (χ0v) is 8.50. The molecule has 12 heavy (non-hydrogen) atoms. The van der Waals surface area contributed by atoms with Crippen LogP contribution in [0.25, 0.3) is 0 Å². The molecule has 0 bridgehead atoms. The van der Waals surface area contributed by atoms with Crippen molar-refractivity contribution in [2.45, 2.75) is 13.3 Å². The third-order valence-corrected chi connectivity index (χ3v) is 2.92. The van der Waals surface area contributed by atoms with E-state index in [4.69, 9.17) is 0 Å². The molecule has 1 aromatic heterocycles. The molecule has 0 radical (unpaired) electrons. The Labute approximate surface area is 75.7 Å². The lowest BCUT2D eigenvalue weighted by atomic mass is 10.5. The van der Waals surface area contributed by atoms with E-state index < -0.39 is 10.0 Å². The van der Waals surface area contributed by atoms with Gasteiger partial charge < -0.3 is 0 Å². The van der Waals surface area contributed by atoms with Crippen LogP contribution in [0.4, 0.5) is 5.00 Å². The highest BCUT2D eigenvalue weighted by molar-refractivity contribution is 7.92. The Bertz CT molecular complexity index is 355. The van der Waals surface area contributed by atoms with E-state index in [1.165, 1.54) is 17.5 Å². The molecule has 0 atom stereocenters. The predicted octanol–water partition coefficient (Wildman–Crippen LogP) is 1.08. The molecule has 0 aliphatic heterocycles. The molecule has 0 spiro atoms. The van der Waals surface area contributed by atoms with E-state index in [0.717, 1.165) is 17.7 Å². The molecule has 0 amide bonds. The second kappa shape index (κ2) is 3.40. The van der Waals surface area contributed by atoms with Crippen molar-refractivity contribution in [3.05, 3.63) is 11.2 Å². The number of hydrogen-bond acceptors (Lipinski definition) is 4. The highest BCUT2D eigenvalue weighted by atomic mass is 32.2. The van der Waals surface area contributed by atoms with Crippen molar-refractivity contribution in [1.29, 1.82) is 0 Å². The summed E-state index contributed by atoms with van der Waals surface area (Å²) in [6.07, 6.45) is 3.49. The van der Waals surface area contributed by atoms with Gasteiger partial charge in [0.1, 0.15) is 5.00 Å². The summed E-state index contributed by atoms with van der Waals surface area (Å²) >= 11 is 1.36. The van der Waals surface area contributed by atoms with Crippen LogP contribution in [-0.4, -0.2) is 19.7 Å². The van der Waals surface area contributed by atoms with Gasteiger partial charge in [-0.05, 0) is 6.42 Å². The van der Waals surface area contributed by atoms with E-state index in [1.54, 1.807) is 0 Å². The number of aromatic nitrogens is 1. The van der Waals surface area contributed by atoms with E-state index in [2.05, 4.69) is 9.71 Å². The van der Waals surface area contributed by atoms with Gasteiger partial charge in [0.05, 0.1) is 17.5 Å². The van der Waals surface area contributed by atoms with Crippen LogP contribution in [0.3, 0.4) is 0 Å². The van der Waals surface area contributed by atoms with Crippen molar-refractivity contribution in [3.8, 4) is 0 Å². The molecule has 68 valence electrons. The minimum Gasteiger partial charge on any atom is -0.273 e. The number of aryl methyl sites for hydroxylation is 1. The van der Waals surface area contributed by atoms with Crippen LogP contribution >= 0.6 is 11.3 Å². The molecule has 0 aliphatic rings. The molecule has 4 nitrogen and oxygen atoms in total. The van der Waals surface area contributed by atoms with Crippen molar-refractivity contribution in [2.24, 2.45) is 0 Å². The van der Waals surface area contributed by atoms with Gasteiger partial charge in [0.25, 0.3) is 0 Å². The third kappa shape index (κ3) is 2.78. The van der Waals surface area contributed by atoms with Crippen LogP contribution in [0.15, 0.2) is 6.20 Å². The summed E-state index contributed by atoms with van der Waals surface area (Å²) in [6, 6.07) is 0. The maximum Gasteiger partial charge on any atom is 0.230 e. The Kier molecular flexibility index (Phi) is 2.69. The van der Waals surface area contributed by atoms with E-state index in [-0.39, 0.29) is 0 Å². The van der Waals surface area contributed by atoms with Crippen LogP contribution in [0.2, 0.25) is 0 Å². The van der Waals surface area contributed by atoms with Gasteiger partial charge in [-0.15, -0.1) is 11.3 Å². The minimum atomic E-state index is -3.15. The van der Waals surface area contributed by atoms with Gasteiger partial charge in [-0.3, -0.25) is 4.72 Å². The first kappa shape index (κ1) is 9.47. The number of hydrogen-bond donors (Lipinski definition) is 1. The fraction of sp³-hybridized carbons (Fsp3) is 0.500. The summed E-state index contributed by atoms with van der Waals surface area (Å²) in [5.41, 5.74) is 0. The molecule has 1 N–H and O–H groups in total. The fourth-order valence-corrected chi connectivity index (χ4v) is 2.35. The lowest BCUT2D eigenvalue weighted by Crippen LogP contribution is -2.07. The Balaban J connectivity index is 2.78. The monoisotopic (exact) mass is 206 g/mol. The predicted molar refractivity (Wildman–Crippen MR) is 50.0 cm³/mol. The van der Waals surface area contributed by atoms with Gasteiger partial charge in [-0.25, -0.2) is 13.4 Å². The van der Waals surface area contributed by atoms with Gasteiger partial charge in [0.2, 0.25) is 10.0 Å². The third-order valence-electron chi connectivity index (χ3n) is 1.14. The molecule has 0 fully saturated rings. The quantitative estimate of drug-likeness (QED) is 0.805. The van der Waals surface area contributed by atoms with E-state index >= 15 is 0 Å². The largest absolute Gasteiger partial charge is 0.273 e. The molecule has 6 heteroatoms. The second-order valence-electron chi connectivity index (χ2n) is 2.35. The van der Waals surface area contributed by atoms with Crippen molar-refractivity contribution in [1.82, 2.24) is 4.98 Å². The van der Waals surface area contributed by atoms with Gasteiger partial charge in [-0.2, -0.15) is 0 Å². The summed E-state index contributed by atoms with van der Waals surface area (Å²) in [6.45, 7) is 1.98. The molecule has 0 aromatic carbocycles. The number of nitrogens with one attached hydrogen (secondary N) is 1. The molecule has 0 unspecified atom stereocenters. The van der Waals surface area contributed by atoms with Gasteiger partial charge >= 0.3 is 0 Å². The molecule has 0 saturated carbocycles. The molecular formula is C6H10N2O2S2. The van der Waals surface area contributed by atoms with Crippen molar-refractivity contribution in [3.63, 3.8) is 0 Å². The number of thiazole rings is 1. The lowest BCUT2D eigenvalue weighted by Gasteiger charge is -1.96. The number of anilines is 1. The zero-order valence-electron chi connectivity index (χ0n) is 6.86. The highest BCUT2D eigenvalue weighted by Gasteiger charge is 2.04. The fourth-order valence-electron chi connectivity index (χ4n) is 0.704. The molecule has 1 aromatic rings. The van der Waals surface area contributed by atoms with Crippen LogP contribution < -0.4 is 4.72 Å². The van der Waals surface area contributed by atoms with Gasteiger partial charge in [0, 0.05) is 0 Å². The first-order chi connectivity index (χ1) is 5.51. The Hall–Kier alpha value is -0.620. The van der Waals surface area contributed by atoms with Gasteiger partial charge in [-0.1, -0.05) is 6.92 Å². The van der Waals surface area contributed by atoms with Crippen LogP contribution in [0, 0.1) is 0 Å². The molecule has 0 saturated heterocycles. The number of sulfonamides is 1. The topological polar surface area (TPSA) is 59.1 Å². The lowest BCUT2D eigenvalue weighted by molar-refractivity contribution is 0.607. The minimum absolute atomic E-state index is 0.578. The molecule has 1 rings (SSSR count). The first-order valence-corrected chi connectivity index (χ1v) is 6.14.